The van der Waals surface area contributed by atoms with Crippen molar-refractivity contribution in [1.29, 1.82) is 0 Å². The van der Waals surface area contributed by atoms with Crippen LogP contribution in [0.25, 0.3) is 0 Å². The Kier molecular flexibility index (Phi) is 6.77. The minimum atomic E-state index is 0.565. The van der Waals surface area contributed by atoms with Crippen molar-refractivity contribution in [2.24, 2.45) is 5.73 Å². The van der Waals surface area contributed by atoms with Gasteiger partial charge in [0.15, 0.2) is 0 Å². The van der Waals surface area contributed by atoms with Crippen LogP contribution in [-0.4, -0.2) is 15.2 Å². The van der Waals surface area contributed by atoms with Crippen LogP contribution in [0, 0.1) is 3.80 Å². The molecular formula is C19H33N3Pt. The van der Waals surface area contributed by atoms with E-state index < -0.39 is 0 Å². The van der Waals surface area contributed by atoms with E-state index in [-0.39, 0.29) is 0 Å². The molecule has 1 heterocycles. The molecular weight excluding hydrogens is 465 g/mol. The van der Waals surface area contributed by atoms with Gasteiger partial charge < -0.3 is 5.73 Å². The first-order chi connectivity index (χ1) is 11.3. The van der Waals surface area contributed by atoms with Crippen LogP contribution in [-0.2, 0) is 19.4 Å². The molecule has 0 unspecified atom stereocenters. The van der Waals surface area contributed by atoms with E-state index in [0.717, 1.165) is 12.1 Å². The van der Waals surface area contributed by atoms with Crippen LogP contribution in [0.3, 0.4) is 0 Å². The monoisotopic (exact) mass is 498 g/mol. The Labute approximate surface area is 152 Å². The van der Waals surface area contributed by atoms with Crippen LogP contribution in [0.4, 0.5) is 0 Å². The Hall–Kier alpha value is -0.142. The molecule has 0 bridgehead atoms. The molecule has 23 heavy (non-hydrogen) atoms. The fraction of sp³-hybridized carbons (Fsp3) is 0.842. The zero-order valence-electron chi connectivity index (χ0n) is 14.4. The molecule has 3 aliphatic carbocycles. The summed E-state index contributed by atoms with van der Waals surface area (Å²) in [5, 5.41) is 0. The molecule has 3 nitrogen and oxygen atoms in total. The van der Waals surface area contributed by atoms with E-state index in [0.29, 0.717) is 6.04 Å². The van der Waals surface area contributed by atoms with Gasteiger partial charge in [-0.1, -0.05) is 6.42 Å². The molecule has 0 saturated heterocycles. The average Bonchev–Trinajstić information content (AvgIpc) is 2.97. The molecule has 1 aromatic rings. The summed E-state index contributed by atoms with van der Waals surface area (Å²) >= 11 is 2.55. The Morgan fingerprint density at radius 2 is 1.09 bits per heavy atom. The summed E-state index contributed by atoms with van der Waals surface area (Å²) in [6.45, 7) is 0. The number of rotatable bonds is 2. The van der Waals surface area contributed by atoms with Gasteiger partial charge in [-0.2, -0.15) is 0 Å². The summed E-state index contributed by atoms with van der Waals surface area (Å²) in [4.78, 5) is 0. The van der Waals surface area contributed by atoms with E-state index in [1.165, 1.54) is 87.3 Å². The maximum atomic E-state index is 5.38. The topological polar surface area (TPSA) is 35.9 Å². The third-order valence-electron chi connectivity index (χ3n) is 5.87. The number of hydrogen-bond acceptors (Lipinski definition) is 1. The van der Waals surface area contributed by atoms with Crippen LogP contribution in [0.5, 0.6) is 0 Å². The van der Waals surface area contributed by atoms with Gasteiger partial charge in [-0.25, -0.2) is 0 Å². The van der Waals surface area contributed by atoms with Crippen molar-refractivity contribution >= 4 is 0 Å². The van der Waals surface area contributed by atoms with Gasteiger partial charge in [-0.3, -0.25) is 0 Å². The minimum absolute atomic E-state index is 0.565. The van der Waals surface area contributed by atoms with E-state index in [1.54, 1.807) is 0 Å². The van der Waals surface area contributed by atoms with Crippen molar-refractivity contribution in [2.45, 2.75) is 102 Å². The Balaban J connectivity index is 0.000000267. The van der Waals surface area contributed by atoms with Gasteiger partial charge in [-0.05, 0) is 12.8 Å². The summed E-state index contributed by atoms with van der Waals surface area (Å²) < 4.78 is 6.57. The van der Waals surface area contributed by atoms with Crippen molar-refractivity contribution in [1.82, 2.24) is 9.13 Å². The van der Waals surface area contributed by atoms with Gasteiger partial charge in [0.25, 0.3) is 0 Å². The second-order valence-electron chi connectivity index (χ2n) is 7.63. The van der Waals surface area contributed by atoms with Crippen LogP contribution in [0.15, 0.2) is 12.4 Å². The zero-order chi connectivity index (χ0) is 16.1. The first-order valence-corrected chi connectivity index (χ1v) is 10.9. The summed E-state index contributed by atoms with van der Waals surface area (Å²) in [6.07, 6.45) is 22.7. The summed E-state index contributed by atoms with van der Waals surface area (Å²) in [7, 11) is 0. The van der Waals surface area contributed by atoms with Crippen molar-refractivity contribution in [3.05, 3.63) is 16.2 Å². The molecule has 0 spiro atoms. The molecule has 3 fully saturated rings. The number of nitrogens with two attached hydrogens (primary N) is 1. The normalized spacial score (nSPS) is 24.0. The molecule has 0 amide bonds. The molecule has 3 aliphatic rings. The van der Waals surface area contributed by atoms with E-state index in [9.17, 15) is 0 Å². The van der Waals surface area contributed by atoms with Gasteiger partial charge in [0.1, 0.15) is 0 Å². The fourth-order valence-electron chi connectivity index (χ4n) is 4.07. The number of imidazole rings is 1. The zero-order valence-corrected chi connectivity index (χ0v) is 16.6. The first kappa shape index (κ1) is 17.7. The molecule has 1 aromatic heterocycles. The van der Waals surface area contributed by atoms with E-state index >= 15 is 0 Å². The van der Waals surface area contributed by atoms with Crippen molar-refractivity contribution in [3.63, 3.8) is 0 Å². The van der Waals surface area contributed by atoms with Crippen LogP contribution in [0.1, 0.15) is 95.6 Å². The van der Waals surface area contributed by atoms with E-state index in [2.05, 4.69) is 40.9 Å². The van der Waals surface area contributed by atoms with Crippen molar-refractivity contribution in [3.8, 4) is 0 Å². The predicted molar refractivity (Wildman–Crippen MR) is 91.7 cm³/mol. The van der Waals surface area contributed by atoms with Crippen LogP contribution >= 0.6 is 0 Å². The van der Waals surface area contributed by atoms with Gasteiger partial charge in [0.2, 0.25) is 0 Å². The molecule has 4 heteroatoms. The molecule has 0 aliphatic heterocycles. The maximum absolute atomic E-state index is 5.38. The van der Waals surface area contributed by atoms with Crippen molar-refractivity contribution < 1.29 is 19.4 Å². The second kappa shape index (κ2) is 8.81. The van der Waals surface area contributed by atoms with E-state index in [4.69, 9.17) is 5.73 Å². The van der Waals surface area contributed by atoms with Crippen LogP contribution < -0.4 is 5.73 Å². The predicted octanol–water partition coefficient (Wildman–Crippen LogP) is 4.88. The molecule has 0 atom stereocenters. The molecule has 134 valence electrons. The Morgan fingerprint density at radius 1 is 0.696 bits per heavy atom. The summed E-state index contributed by atoms with van der Waals surface area (Å²) in [5.41, 5.74) is 5.38. The summed E-state index contributed by atoms with van der Waals surface area (Å²) in [6, 6.07) is 2.11. The Bertz CT molecular complexity index is 478. The molecule has 3 saturated carbocycles. The van der Waals surface area contributed by atoms with Crippen LogP contribution in [0.2, 0.25) is 0 Å². The second-order valence-corrected chi connectivity index (χ2v) is 8.64. The molecule has 0 radical (unpaired) electrons. The van der Waals surface area contributed by atoms with Gasteiger partial charge >= 0.3 is 121 Å². The quantitative estimate of drug-likeness (QED) is 0.620. The average molecular weight is 499 g/mol. The standard InChI is InChI=1S/C15H24N2.C4H9N.Pt/c1-3-7-14(8-4-1)16-11-12-17(13-16)15-9-5-2-6-10-15;5-4-2-1-3-4;/h11-12,14-15H,1-10H2;4H,1-3,5H2;. The fourth-order valence-corrected chi connectivity index (χ4v) is 5.24. The number of nitrogens with zero attached hydrogens (tertiary/aromatic N) is 2. The first-order valence-electron chi connectivity index (χ1n) is 9.75. The van der Waals surface area contributed by atoms with E-state index in [1.807, 2.05) is 0 Å². The third-order valence-corrected chi connectivity index (χ3v) is 7.04. The van der Waals surface area contributed by atoms with Crippen molar-refractivity contribution in [2.75, 3.05) is 0 Å². The van der Waals surface area contributed by atoms with Gasteiger partial charge in [-0.15, -0.1) is 0 Å². The number of hydrogen-bond donors (Lipinski definition) is 1. The van der Waals surface area contributed by atoms with Gasteiger partial charge in [0.05, 0.1) is 0 Å². The summed E-state index contributed by atoms with van der Waals surface area (Å²) in [5.74, 6) is 0. The number of aromatic nitrogens is 2. The third kappa shape index (κ3) is 4.69. The molecule has 0 aromatic carbocycles. The molecule has 2 N–H and O–H groups in total. The van der Waals surface area contributed by atoms with Gasteiger partial charge in [0, 0.05) is 6.04 Å². The Morgan fingerprint density at radius 3 is 1.39 bits per heavy atom. The molecule has 4 rings (SSSR count). The SMILES string of the molecule is NC1CCC1.[Pt]=[c]1n(C2CCCCC2)ccn1C1CCCCC1.